The minimum absolute atomic E-state index is 0.159. The molecule has 0 spiro atoms. The molecule has 2 aromatic rings. The molecular formula is C12H15N5O5. The summed E-state index contributed by atoms with van der Waals surface area (Å²) in [6, 6.07) is 1.58. The van der Waals surface area contributed by atoms with Gasteiger partial charge >= 0.3 is 0 Å². The zero-order valence-electron chi connectivity index (χ0n) is 11.3. The molecule has 0 radical (unpaired) electrons. The first kappa shape index (κ1) is 14.7. The molecule has 10 nitrogen and oxygen atoms in total. The van der Waals surface area contributed by atoms with E-state index in [9.17, 15) is 15.0 Å². The lowest BCUT2D eigenvalue weighted by atomic mass is 10.1. The first-order valence-corrected chi connectivity index (χ1v) is 6.52. The molecular weight excluding hydrogens is 294 g/mol. The van der Waals surface area contributed by atoms with Crippen molar-refractivity contribution >= 4 is 16.9 Å². The zero-order valence-corrected chi connectivity index (χ0v) is 11.3. The molecule has 3 rings (SSSR count). The van der Waals surface area contributed by atoms with Crippen LogP contribution in [0.1, 0.15) is 16.8 Å². The predicted molar refractivity (Wildman–Crippen MR) is 71.5 cm³/mol. The number of hydrogen-bond acceptors (Lipinski definition) is 7. The fraction of sp³-hybridized carbons (Fsp3) is 0.417. The molecule has 1 aliphatic rings. The Labute approximate surface area is 123 Å². The normalized spacial score (nSPS) is 28.3. The maximum absolute atomic E-state index is 11.6. The molecule has 10 heteroatoms. The SMILES string of the molecule is N=c1nc(C(N)=O)n([C@@H]2O[C@@H](CO)[C@@H](O)[C@@H]2O)c2[nH]ccc12. The molecule has 0 aromatic carbocycles. The molecule has 0 saturated carbocycles. The van der Waals surface area contributed by atoms with Crippen LogP contribution in [-0.2, 0) is 4.74 Å². The lowest BCUT2D eigenvalue weighted by Gasteiger charge is -2.21. The van der Waals surface area contributed by atoms with Crippen LogP contribution in [0.2, 0.25) is 0 Å². The van der Waals surface area contributed by atoms with E-state index in [-0.39, 0.29) is 11.3 Å². The number of hydrogen-bond donors (Lipinski definition) is 6. The summed E-state index contributed by atoms with van der Waals surface area (Å²) in [5.74, 6) is -1.21. The summed E-state index contributed by atoms with van der Waals surface area (Å²) in [7, 11) is 0. The molecule has 0 unspecified atom stereocenters. The fourth-order valence-electron chi connectivity index (χ4n) is 2.59. The Balaban J connectivity index is 2.24. The summed E-state index contributed by atoms with van der Waals surface area (Å²) >= 11 is 0. The topological polar surface area (TPSA) is 170 Å². The van der Waals surface area contributed by atoms with Gasteiger partial charge in [0, 0.05) is 6.20 Å². The predicted octanol–water partition coefficient (Wildman–Crippen LogP) is -2.45. The van der Waals surface area contributed by atoms with Gasteiger partial charge in [0.2, 0.25) is 5.82 Å². The Morgan fingerprint density at radius 3 is 2.82 bits per heavy atom. The van der Waals surface area contributed by atoms with Crippen molar-refractivity contribution in [3.8, 4) is 0 Å². The second-order valence-electron chi connectivity index (χ2n) is 4.99. The van der Waals surface area contributed by atoms with Crippen LogP contribution in [0.5, 0.6) is 0 Å². The summed E-state index contributed by atoms with van der Waals surface area (Å²) in [6.45, 7) is -0.501. The molecule has 1 aliphatic heterocycles. The van der Waals surface area contributed by atoms with Gasteiger partial charge in [-0.1, -0.05) is 0 Å². The number of aliphatic hydroxyl groups excluding tert-OH is 3. The third kappa shape index (κ3) is 2.01. The van der Waals surface area contributed by atoms with E-state index in [0.717, 1.165) is 0 Å². The summed E-state index contributed by atoms with van der Waals surface area (Å²) < 4.78 is 6.61. The van der Waals surface area contributed by atoms with Gasteiger partial charge in [0.15, 0.2) is 11.7 Å². The van der Waals surface area contributed by atoms with Crippen LogP contribution in [0, 0.1) is 5.41 Å². The van der Waals surface area contributed by atoms with Gasteiger partial charge in [0.1, 0.15) is 24.0 Å². The fourth-order valence-corrected chi connectivity index (χ4v) is 2.59. The highest BCUT2D eigenvalue weighted by molar-refractivity contribution is 5.91. The van der Waals surface area contributed by atoms with Gasteiger partial charge in [0.05, 0.1) is 12.0 Å². The molecule has 1 fully saturated rings. The van der Waals surface area contributed by atoms with Crippen LogP contribution in [-0.4, -0.2) is 60.7 Å². The second-order valence-corrected chi connectivity index (χ2v) is 4.99. The van der Waals surface area contributed by atoms with Gasteiger partial charge in [0.25, 0.3) is 5.91 Å². The quantitative estimate of drug-likeness (QED) is 0.367. The van der Waals surface area contributed by atoms with Gasteiger partial charge in [-0.15, -0.1) is 0 Å². The van der Waals surface area contributed by atoms with E-state index in [4.69, 9.17) is 21.0 Å². The van der Waals surface area contributed by atoms with Crippen LogP contribution < -0.4 is 11.2 Å². The van der Waals surface area contributed by atoms with E-state index in [1.165, 1.54) is 10.8 Å². The van der Waals surface area contributed by atoms with E-state index < -0.39 is 37.1 Å². The van der Waals surface area contributed by atoms with Gasteiger partial charge in [-0.3, -0.25) is 14.8 Å². The van der Waals surface area contributed by atoms with Crippen LogP contribution in [0.3, 0.4) is 0 Å². The number of amides is 1. The van der Waals surface area contributed by atoms with E-state index in [1.807, 2.05) is 0 Å². The van der Waals surface area contributed by atoms with E-state index in [0.29, 0.717) is 11.0 Å². The third-order valence-corrected chi connectivity index (χ3v) is 3.66. The lowest BCUT2D eigenvalue weighted by molar-refractivity contribution is -0.0522. The van der Waals surface area contributed by atoms with Crippen LogP contribution in [0.15, 0.2) is 12.3 Å². The highest BCUT2D eigenvalue weighted by atomic mass is 16.6. The molecule has 3 heterocycles. The Hall–Kier alpha value is -2.27. The Bertz CT molecular complexity index is 784. The number of aromatic amines is 1. The standard InChI is InChI=1S/C12H15N5O5/c13-8-4-1-2-15-10(4)17(11(16-8)9(14)21)12-7(20)6(19)5(3-18)22-12/h1-2,5-7,12-13,15,18-20H,3H2,(H2,14,21)/t5-,6+,7-,12+/m0/s1. The summed E-state index contributed by atoms with van der Waals surface area (Å²) in [5.41, 5.74) is 5.43. The minimum Gasteiger partial charge on any atom is -0.394 e. The summed E-state index contributed by atoms with van der Waals surface area (Å²) in [6.07, 6.45) is -3.38. The molecule has 2 aromatic heterocycles. The summed E-state index contributed by atoms with van der Waals surface area (Å²) in [4.78, 5) is 18.3. The number of rotatable bonds is 3. The van der Waals surface area contributed by atoms with Crippen molar-refractivity contribution in [3.05, 3.63) is 23.6 Å². The van der Waals surface area contributed by atoms with Crippen molar-refractivity contribution in [2.45, 2.75) is 24.5 Å². The zero-order chi connectivity index (χ0) is 16.0. The number of nitrogens with one attached hydrogen (secondary N) is 2. The minimum atomic E-state index is -1.40. The molecule has 7 N–H and O–H groups in total. The Morgan fingerprint density at radius 2 is 2.23 bits per heavy atom. The van der Waals surface area contributed by atoms with Gasteiger partial charge < -0.3 is 30.8 Å². The van der Waals surface area contributed by atoms with Crippen LogP contribution in [0.4, 0.5) is 0 Å². The van der Waals surface area contributed by atoms with Crippen molar-refractivity contribution in [1.82, 2.24) is 14.5 Å². The highest BCUT2D eigenvalue weighted by Gasteiger charge is 2.44. The van der Waals surface area contributed by atoms with Crippen molar-refractivity contribution in [3.63, 3.8) is 0 Å². The lowest BCUT2D eigenvalue weighted by Crippen LogP contribution is -2.35. The number of ether oxygens (including phenoxy) is 1. The smallest absolute Gasteiger partial charge is 0.284 e. The maximum atomic E-state index is 11.6. The van der Waals surface area contributed by atoms with Crippen molar-refractivity contribution in [2.75, 3.05) is 6.61 Å². The third-order valence-electron chi connectivity index (χ3n) is 3.66. The maximum Gasteiger partial charge on any atom is 0.284 e. The van der Waals surface area contributed by atoms with Crippen LogP contribution >= 0.6 is 0 Å². The average molecular weight is 309 g/mol. The second kappa shape index (κ2) is 5.18. The van der Waals surface area contributed by atoms with E-state index >= 15 is 0 Å². The van der Waals surface area contributed by atoms with Gasteiger partial charge in [-0.25, -0.2) is 4.98 Å². The number of nitrogens with zero attached hydrogens (tertiary/aromatic N) is 2. The van der Waals surface area contributed by atoms with Crippen molar-refractivity contribution < 1.29 is 24.9 Å². The van der Waals surface area contributed by atoms with Crippen molar-refractivity contribution in [1.29, 1.82) is 5.41 Å². The van der Waals surface area contributed by atoms with Crippen molar-refractivity contribution in [2.24, 2.45) is 5.73 Å². The molecule has 0 aliphatic carbocycles. The molecule has 0 bridgehead atoms. The number of nitrogens with two attached hydrogens (primary N) is 1. The Kier molecular flexibility index (Phi) is 3.45. The first-order valence-electron chi connectivity index (χ1n) is 6.52. The number of aliphatic hydroxyl groups is 3. The number of primary amides is 1. The number of H-pyrrole nitrogens is 1. The Morgan fingerprint density at radius 1 is 1.50 bits per heavy atom. The molecule has 1 amide bonds. The molecule has 118 valence electrons. The molecule has 22 heavy (non-hydrogen) atoms. The summed E-state index contributed by atoms with van der Waals surface area (Å²) in [5, 5.41) is 37.4. The molecule has 1 saturated heterocycles. The number of fused-ring (bicyclic) bond motifs is 1. The van der Waals surface area contributed by atoms with Crippen LogP contribution in [0.25, 0.3) is 11.0 Å². The van der Waals surface area contributed by atoms with Gasteiger partial charge in [-0.2, -0.15) is 0 Å². The first-order chi connectivity index (χ1) is 10.5. The number of aromatic nitrogens is 3. The molecule has 4 atom stereocenters. The average Bonchev–Trinajstić information content (AvgIpc) is 3.07. The van der Waals surface area contributed by atoms with Gasteiger partial charge in [-0.05, 0) is 6.07 Å². The number of carbonyl (C=O) groups excluding carboxylic acids is 1. The van der Waals surface area contributed by atoms with E-state index in [1.54, 1.807) is 6.07 Å². The van der Waals surface area contributed by atoms with E-state index in [2.05, 4.69) is 9.97 Å². The largest absolute Gasteiger partial charge is 0.394 e. The monoisotopic (exact) mass is 309 g/mol. The number of carbonyl (C=O) groups is 1. The highest BCUT2D eigenvalue weighted by Crippen LogP contribution is 2.31.